The number of aliphatic imine (C=N–C) groups is 1. The lowest BCUT2D eigenvalue weighted by atomic mass is 10.2. The molecule has 0 spiro atoms. The van der Waals surface area contributed by atoms with Crippen molar-refractivity contribution < 1.29 is 8.42 Å². The molecule has 2 aromatic carbocycles. The molecule has 0 saturated carbocycles. The van der Waals surface area contributed by atoms with Crippen LogP contribution in [0.1, 0.15) is 12.5 Å². The number of rotatable bonds is 7. The molecule has 134 valence electrons. The van der Waals surface area contributed by atoms with Crippen molar-refractivity contribution in [2.45, 2.75) is 18.4 Å². The van der Waals surface area contributed by atoms with E-state index in [1.807, 2.05) is 31.2 Å². The number of hydrogen-bond acceptors (Lipinski definition) is 3. The number of nitrogens with one attached hydrogen (secondary N) is 2. The van der Waals surface area contributed by atoms with Crippen molar-refractivity contribution in [3.05, 3.63) is 65.2 Å². The third-order valence-electron chi connectivity index (χ3n) is 3.42. The Hall–Kier alpha value is -2.05. The van der Waals surface area contributed by atoms with E-state index in [1.165, 1.54) is 0 Å². The molecule has 0 aromatic heterocycles. The predicted octanol–water partition coefficient (Wildman–Crippen LogP) is 2.87. The van der Waals surface area contributed by atoms with Gasteiger partial charge in [0.25, 0.3) is 0 Å². The second kappa shape index (κ2) is 9.44. The van der Waals surface area contributed by atoms with Gasteiger partial charge >= 0.3 is 0 Å². The van der Waals surface area contributed by atoms with Gasteiger partial charge in [0.2, 0.25) is 0 Å². The number of guanidine groups is 1. The summed E-state index contributed by atoms with van der Waals surface area (Å²) in [5.41, 5.74) is 0.988. The van der Waals surface area contributed by atoms with Crippen LogP contribution in [0.4, 0.5) is 0 Å². The van der Waals surface area contributed by atoms with Gasteiger partial charge in [-0.2, -0.15) is 0 Å². The first-order valence-electron chi connectivity index (χ1n) is 8.05. The van der Waals surface area contributed by atoms with E-state index < -0.39 is 9.84 Å². The van der Waals surface area contributed by atoms with E-state index in [1.54, 1.807) is 30.3 Å². The Morgan fingerprint density at radius 2 is 1.84 bits per heavy atom. The molecule has 0 fully saturated rings. The number of nitrogens with zero attached hydrogens (tertiary/aromatic N) is 1. The molecule has 2 N–H and O–H groups in total. The van der Waals surface area contributed by atoms with Crippen molar-refractivity contribution in [3.8, 4) is 0 Å². The van der Waals surface area contributed by atoms with Gasteiger partial charge in [0, 0.05) is 18.1 Å². The van der Waals surface area contributed by atoms with Crippen LogP contribution in [0.25, 0.3) is 0 Å². The van der Waals surface area contributed by atoms with Crippen LogP contribution in [-0.4, -0.2) is 33.2 Å². The van der Waals surface area contributed by atoms with Gasteiger partial charge in [0.05, 0.1) is 17.2 Å². The van der Waals surface area contributed by atoms with Gasteiger partial charge in [0.1, 0.15) is 0 Å². The number of halogens is 1. The first-order chi connectivity index (χ1) is 12.0. The van der Waals surface area contributed by atoms with Crippen molar-refractivity contribution in [1.82, 2.24) is 10.6 Å². The van der Waals surface area contributed by atoms with Gasteiger partial charge in [-0.25, -0.2) is 13.4 Å². The molecule has 0 bridgehead atoms. The first kappa shape index (κ1) is 19.3. The van der Waals surface area contributed by atoms with E-state index in [2.05, 4.69) is 15.6 Å². The van der Waals surface area contributed by atoms with Crippen LogP contribution in [0.5, 0.6) is 0 Å². The Labute approximate surface area is 154 Å². The Morgan fingerprint density at radius 1 is 1.08 bits per heavy atom. The minimum Gasteiger partial charge on any atom is -0.357 e. The Balaban J connectivity index is 1.94. The lowest BCUT2D eigenvalue weighted by Gasteiger charge is -2.11. The fraction of sp³-hybridized carbons (Fsp3) is 0.278. The van der Waals surface area contributed by atoms with E-state index in [9.17, 15) is 8.42 Å². The highest BCUT2D eigenvalue weighted by Gasteiger charge is 2.13. The van der Waals surface area contributed by atoms with Crippen LogP contribution in [0.2, 0.25) is 5.02 Å². The van der Waals surface area contributed by atoms with E-state index >= 15 is 0 Å². The van der Waals surface area contributed by atoms with Crippen LogP contribution in [-0.2, 0) is 16.4 Å². The quantitative estimate of drug-likeness (QED) is 0.573. The molecule has 0 aliphatic rings. The summed E-state index contributed by atoms with van der Waals surface area (Å²) >= 11 is 5.97. The smallest absolute Gasteiger partial charge is 0.191 e. The maximum absolute atomic E-state index is 12.3. The minimum absolute atomic E-state index is 0.00140. The van der Waals surface area contributed by atoms with Crippen LogP contribution >= 0.6 is 11.6 Å². The van der Waals surface area contributed by atoms with Crippen molar-refractivity contribution in [1.29, 1.82) is 0 Å². The molecule has 2 rings (SSSR count). The lowest BCUT2D eigenvalue weighted by Crippen LogP contribution is -2.39. The van der Waals surface area contributed by atoms with Crippen LogP contribution in [0.15, 0.2) is 64.5 Å². The topological polar surface area (TPSA) is 70.6 Å². The van der Waals surface area contributed by atoms with E-state index in [0.717, 1.165) is 5.56 Å². The highest BCUT2D eigenvalue weighted by molar-refractivity contribution is 7.91. The van der Waals surface area contributed by atoms with Crippen molar-refractivity contribution >= 4 is 27.4 Å². The van der Waals surface area contributed by atoms with Gasteiger partial charge in [-0.1, -0.05) is 41.9 Å². The molecule has 0 saturated heterocycles. The van der Waals surface area contributed by atoms with Crippen molar-refractivity contribution in [2.24, 2.45) is 4.99 Å². The summed E-state index contributed by atoms with van der Waals surface area (Å²) in [7, 11) is -3.31. The summed E-state index contributed by atoms with van der Waals surface area (Å²) in [4.78, 5) is 4.79. The summed E-state index contributed by atoms with van der Waals surface area (Å²) < 4.78 is 24.5. The van der Waals surface area contributed by atoms with E-state index in [-0.39, 0.29) is 12.3 Å². The summed E-state index contributed by atoms with van der Waals surface area (Å²) in [5, 5.41) is 6.83. The molecule has 0 unspecified atom stereocenters. The van der Waals surface area contributed by atoms with Crippen LogP contribution < -0.4 is 10.6 Å². The van der Waals surface area contributed by atoms with Crippen molar-refractivity contribution in [3.63, 3.8) is 0 Å². The lowest BCUT2D eigenvalue weighted by molar-refractivity contribution is 0.594. The molecule has 0 radical (unpaired) electrons. The van der Waals surface area contributed by atoms with E-state index in [4.69, 9.17) is 11.6 Å². The molecule has 0 aliphatic heterocycles. The van der Waals surface area contributed by atoms with Gasteiger partial charge in [-0.3, -0.25) is 0 Å². The molecular formula is C18H22ClN3O2S. The summed E-state index contributed by atoms with van der Waals surface area (Å²) in [5.74, 6) is 0.573. The SMILES string of the molecule is CCNC(=NCc1cccc(Cl)c1)NCCS(=O)(=O)c1ccccc1. The fourth-order valence-corrected chi connectivity index (χ4v) is 3.59. The average molecular weight is 380 g/mol. The Bertz CT molecular complexity index is 808. The van der Waals surface area contributed by atoms with Crippen LogP contribution in [0.3, 0.4) is 0 Å². The van der Waals surface area contributed by atoms with Gasteiger partial charge in [-0.15, -0.1) is 0 Å². The Morgan fingerprint density at radius 3 is 2.52 bits per heavy atom. The first-order valence-corrected chi connectivity index (χ1v) is 10.1. The highest BCUT2D eigenvalue weighted by Crippen LogP contribution is 2.11. The highest BCUT2D eigenvalue weighted by atomic mass is 35.5. The standard InChI is InChI=1S/C18H22ClN3O2S/c1-2-20-18(22-14-15-7-6-8-16(19)13-15)21-11-12-25(23,24)17-9-4-3-5-10-17/h3-10,13H,2,11-12,14H2,1H3,(H2,20,21,22). The molecule has 2 aromatic rings. The van der Waals surface area contributed by atoms with Gasteiger partial charge < -0.3 is 10.6 Å². The molecule has 7 heteroatoms. The minimum atomic E-state index is -3.31. The summed E-state index contributed by atoms with van der Waals surface area (Å²) in [6.07, 6.45) is 0. The zero-order valence-electron chi connectivity index (χ0n) is 14.1. The second-order valence-electron chi connectivity index (χ2n) is 5.38. The Kier molecular flexibility index (Phi) is 7.28. The summed E-state index contributed by atoms with van der Waals surface area (Å²) in [6.45, 7) is 3.38. The van der Waals surface area contributed by atoms with Gasteiger partial charge in [-0.05, 0) is 36.8 Å². The largest absolute Gasteiger partial charge is 0.357 e. The normalized spacial score (nSPS) is 12.0. The third kappa shape index (κ3) is 6.40. The maximum Gasteiger partial charge on any atom is 0.191 e. The number of benzene rings is 2. The molecule has 0 aliphatic carbocycles. The number of hydrogen-bond donors (Lipinski definition) is 2. The predicted molar refractivity (Wildman–Crippen MR) is 103 cm³/mol. The zero-order valence-corrected chi connectivity index (χ0v) is 15.6. The van der Waals surface area contributed by atoms with Gasteiger partial charge in [0.15, 0.2) is 15.8 Å². The zero-order chi connectivity index (χ0) is 18.1. The number of sulfone groups is 1. The second-order valence-corrected chi connectivity index (χ2v) is 7.93. The van der Waals surface area contributed by atoms with Crippen molar-refractivity contribution in [2.75, 3.05) is 18.8 Å². The molecule has 5 nitrogen and oxygen atoms in total. The molecule has 0 atom stereocenters. The van der Waals surface area contributed by atoms with E-state index in [0.29, 0.717) is 29.0 Å². The molecular weight excluding hydrogens is 358 g/mol. The van der Waals surface area contributed by atoms with Crippen LogP contribution in [0, 0.1) is 0 Å². The molecule has 0 heterocycles. The molecule has 0 amide bonds. The molecule has 25 heavy (non-hydrogen) atoms. The summed E-state index contributed by atoms with van der Waals surface area (Å²) in [6, 6.07) is 15.9. The monoisotopic (exact) mass is 379 g/mol. The maximum atomic E-state index is 12.3. The average Bonchev–Trinajstić information content (AvgIpc) is 2.60. The fourth-order valence-electron chi connectivity index (χ4n) is 2.20. The third-order valence-corrected chi connectivity index (χ3v) is 5.39.